The number of nitrogens with zero attached hydrogens (tertiary/aromatic N) is 1. The van der Waals surface area contributed by atoms with Crippen LogP contribution in [-0.4, -0.2) is 48.3 Å². The molecule has 114 valence electrons. The molecule has 0 saturated carbocycles. The van der Waals surface area contributed by atoms with Crippen molar-refractivity contribution in [2.75, 3.05) is 31.6 Å². The molecule has 0 aromatic carbocycles. The zero-order chi connectivity index (χ0) is 15.0. The van der Waals surface area contributed by atoms with E-state index in [0.29, 0.717) is 16.4 Å². The predicted molar refractivity (Wildman–Crippen MR) is 84.8 cm³/mol. The van der Waals surface area contributed by atoms with Gasteiger partial charge in [0.15, 0.2) is 0 Å². The first-order chi connectivity index (χ1) is 9.60. The Labute approximate surface area is 128 Å². The standard InChI is InChI=1S/C13H22ClN3O2S/c1-3-17(4-2)7-5-10(9-18)15-13(19)16-11-6-8-20-12(11)14/h6,8,10,18H,3-5,7,9H2,1-2H3,(H2,15,16,19)/t10-/m0/s1. The van der Waals surface area contributed by atoms with Crippen LogP contribution in [0, 0.1) is 0 Å². The normalized spacial score (nSPS) is 12.4. The summed E-state index contributed by atoms with van der Waals surface area (Å²) in [7, 11) is 0. The molecular weight excluding hydrogens is 298 g/mol. The van der Waals surface area contributed by atoms with Gasteiger partial charge in [-0.05, 0) is 31.0 Å². The molecule has 1 atom stereocenters. The van der Waals surface area contributed by atoms with Crippen LogP contribution >= 0.6 is 22.9 Å². The molecule has 0 bridgehead atoms. The lowest BCUT2D eigenvalue weighted by molar-refractivity contribution is 0.206. The van der Waals surface area contributed by atoms with E-state index in [1.807, 2.05) is 5.38 Å². The lowest BCUT2D eigenvalue weighted by Gasteiger charge is -2.22. The van der Waals surface area contributed by atoms with Gasteiger partial charge >= 0.3 is 6.03 Å². The third-order valence-electron chi connectivity index (χ3n) is 3.11. The maximum absolute atomic E-state index is 11.8. The highest BCUT2D eigenvalue weighted by Gasteiger charge is 2.13. The summed E-state index contributed by atoms with van der Waals surface area (Å²) < 4.78 is 0.545. The van der Waals surface area contributed by atoms with Gasteiger partial charge in [0.1, 0.15) is 4.34 Å². The minimum Gasteiger partial charge on any atom is -0.394 e. The van der Waals surface area contributed by atoms with Crippen molar-refractivity contribution in [3.8, 4) is 0 Å². The Kier molecular flexibility index (Phi) is 7.91. The van der Waals surface area contributed by atoms with Gasteiger partial charge in [0.25, 0.3) is 0 Å². The van der Waals surface area contributed by atoms with E-state index < -0.39 is 0 Å². The van der Waals surface area contributed by atoms with E-state index in [1.165, 1.54) is 11.3 Å². The van der Waals surface area contributed by atoms with Crippen molar-refractivity contribution in [1.29, 1.82) is 0 Å². The van der Waals surface area contributed by atoms with Crippen LogP contribution in [0.4, 0.5) is 10.5 Å². The highest BCUT2D eigenvalue weighted by atomic mass is 35.5. The summed E-state index contributed by atoms with van der Waals surface area (Å²) in [6.45, 7) is 6.88. The molecule has 0 fully saturated rings. The number of nitrogens with one attached hydrogen (secondary N) is 2. The average Bonchev–Trinajstić information content (AvgIpc) is 2.83. The van der Waals surface area contributed by atoms with Crippen LogP contribution in [0.25, 0.3) is 0 Å². The molecule has 3 N–H and O–H groups in total. The minimum absolute atomic E-state index is 0.0773. The molecule has 1 aromatic rings. The van der Waals surface area contributed by atoms with Gasteiger partial charge in [-0.2, -0.15) is 0 Å². The number of thiophene rings is 1. The van der Waals surface area contributed by atoms with Crippen LogP contribution in [0.15, 0.2) is 11.4 Å². The summed E-state index contributed by atoms with van der Waals surface area (Å²) in [4.78, 5) is 14.1. The number of hydrogen-bond donors (Lipinski definition) is 3. The smallest absolute Gasteiger partial charge is 0.319 e. The number of carbonyl (C=O) groups is 1. The zero-order valence-corrected chi connectivity index (χ0v) is 13.4. The summed E-state index contributed by atoms with van der Waals surface area (Å²) in [6, 6.07) is 1.15. The maximum Gasteiger partial charge on any atom is 0.319 e. The molecule has 0 aliphatic rings. The van der Waals surface area contributed by atoms with Crippen LogP contribution < -0.4 is 10.6 Å². The molecule has 1 heterocycles. The number of amides is 2. The Hall–Kier alpha value is -0.820. The van der Waals surface area contributed by atoms with Crippen molar-refractivity contribution in [3.63, 3.8) is 0 Å². The summed E-state index contributed by atoms with van der Waals surface area (Å²) in [5.41, 5.74) is 0.592. The number of aliphatic hydroxyl groups excluding tert-OH is 1. The number of carbonyl (C=O) groups excluding carboxylic acids is 1. The number of urea groups is 1. The topological polar surface area (TPSA) is 64.6 Å². The Morgan fingerprint density at radius 3 is 2.70 bits per heavy atom. The van der Waals surface area contributed by atoms with E-state index in [9.17, 15) is 9.90 Å². The predicted octanol–water partition coefficient (Wildman–Crippen LogP) is 2.62. The number of aliphatic hydroxyl groups is 1. The van der Waals surface area contributed by atoms with E-state index in [1.54, 1.807) is 6.07 Å². The molecule has 1 rings (SSSR count). The van der Waals surface area contributed by atoms with Crippen LogP contribution in [0.1, 0.15) is 20.3 Å². The van der Waals surface area contributed by atoms with Crippen molar-refractivity contribution in [2.24, 2.45) is 0 Å². The first-order valence-electron chi connectivity index (χ1n) is 6.74. The first kappa shape index (κ1) is 17.2. The molecule has 0 unspecified atom stereocenters. The number of rotatable bonds is 8. The van der Waals surface area contributed by atoms with Crippen LogP contribution in [-0.2, 0) is 0 Å². The maximum atomic E-state index is 11.8. The molecule has 0 radical (unpaired) electrons. The minimum atomic E-state index is -0.344. The lowest BCUT2D eigenvalue weighted by Crippen LogP contribution is -2.42. The molecule has 0 aliphatic heterocycles. The molecule has 1 aromatic heterocycles. The molecule has 20 heavy (non-hydrogen) atoms. The third-order valence-corrected chi connectivity index (χ3v) is 4.28. The third kappa shape index (κ3) is 5.66. The molecule has 7 heteroatoms. The fourth-order valence-electron chi connectivity index (χ4n) is 1.81. The SMILES string of the molecule is CCN(CC)CC[C@@H](CO)NC(=O)Nc1ccsc1Cl. The Morgan fingerprint density at radius 2 is 2.20 bits per heavy atom. The van der Waals surface area contributed by atoms with Gasteiger partial charge in [-0.15, -0.1) is 11.3 Å². The Balaban J connectivity index is 2.39. The number of hydrogen-bond acceptors (Lipinski definition) is 4. The molecule has 5 nitrogen and oxygen atoms in total. The van der Waals surface area contributed by atoms with E-state index in [-0.39, 0.29) is 18.7 Å². The molecule has 0 aliphatic carbocycles. The second-order valence-corrected chi connectivity index (χ2v) is 5.92. The van der Waals surface area contributed by atoms with Crippen molar-refractivity contribution in [2.45, 2.75) is 26.3 Å². The quantitative estimate of drug-likeness (QED) is 0.690. The van der Waals surface area contributed by atoms with E-state index in [4.69, 9.17) is 11.6 Å². The van der Waals surface area contributed by atoms with Crippen LogP contribution in [0.3, 0.4) is 0 Å². The van der Waals surface area contributed by atoms with Crippen molar-refractivity contribution < 1.29 is 9.90 Å². The van der Waals surface area contributed by atoms with Crippen molar-refractivity contribution in [1.82, 2.24) is 10.2 Å². The van der Waals surface area contributed by atoms with Gasteiger partial charge in [0, 0.05) is 6.54 Å². The van der Waals surface area contributed by atoms with Gasteiger partial charge < -0.3 is 20.6 Å². The highest BCUT2D eigenvalue weighted by Crippen LogP contribution is 2.27. The summed E-state index contributed by atoms with van der Waals surface area (Å²) in [6.07, 6.45) is 0.711. The average molecular weight is 320 g/mol. The molecule has 0 spiro atoms. The molecular formula is C13H22ClN3O2S. The Morgan fingerprint density at radius 1 is 1.50 bits per heavy atom. The van der Waals surface area contributed by atoms with E-state index in [2.05, 4.69) is 29.4 Å². The van der Waals surface area contributed by atoms with Crippen LogP contribution in [0.2, 0.25) is 4.34 Å². The molecule has 0 saturated heterocycles. The van der Waals surface area contributed by atoms with Gasteiger partial charge in [-0.1, -0.05) is 25.4 Å². The Bertz CT molecular complexity index is 410. The summed E-state index contributed by atoms with van der Waals surface area (Å²) in [5, 5.41) is 16.6. The van der Waals surface area contributed by atoms with Gasteiger partial charge in [0.05, 0.1) is 18.3 Å². The summed E-state index contributed by atoms with van der Waals surface area (Å²) >= 11 is 7.27. The van der Waals surface area contributed by atoms with Crippen molar-refractivity contribution >= 4 is 34.7 Å². The lowest BCUT2D eigenvalue weighted by atomic mass is 10.2. The molecule has 2 amide bonds. The number of halogens is 1. The monoisotopic (exact) mass is 319 g/mol. The number of anilines is 1. The zero-order valence-electron chi connectivity index (χ0n) is 11.9. The van der Waals surface area contributed by atoms with E-state index in [0.717, 1.165) is 19.6 Å². The second-order valence-electron chi connectivity index (χ2n) is 4.40. The first-order valence-corrected chi connectivity index (χ1v) is 8.00. The van der Waals surface area contributed by atoms with Gasteiger partial charge in [0.2, 0.25) is 0 Å². The largest absolute Gasteiger partial charge is 0.394 e. The van der Waals surface area contributed by atoms with E-state index >= 15 is 0 Å². The van der Waals surface area contributed by atoms with Crippen molar-refractivity contribution in [3.05, 3.63) is 15.8 Å². The summed E-state index contributed by atoms with van der Waals surface area (Å²) in [5.74, 6) is 0. The van der Waals surface area contributed by atoms with Gasteiger partial charge in [-0.3, -0.25) is 0 Å². The van der Waals surface area contributed by atoms with Gasteiger partial charge in [-0.25, -0.2) is 4.79 Å². The highest BCUT2D eigenvalue weighted by molar-refractivity contribution is 7.15. The fourth-order valence-corrected chi connectivity index (χ4v) is 2.65. The fraction of sp³-hybridized carbons (Fsp3) is 0.615. The van der Waals surface area contributed by atoms with Crippen LogP contribution in [0.5, 0.6) is 0 Å². The second kappa shape index (κ2) is 9.18.